The summed E-state index contributed by atoms with van der Waals surface area (Å²) >= 11 is 5.57. The maximum Gasteiger partial charge on any atom is 0.241 e. The fourth-order valence-corrected chi connectivity index (χ4v) is 1.16. The van der Waals surface area contributed by atoms with Crippen LogP contribution in [0.25, 0.3) is 0 Å². The van der Waals surface area contributed by atoms with Crippen molar-refractivity contribution in [2.75, 3.05) is 5.32 Å². The smallest absolute Gasteiger partial charge is 0.241 e. The molecule has 1 aromatic rings. The molecule has 0 radical (unpaired) electrons. The third-order valence-electron chi connectivity index (χ3n) is 1.97. The Morgan fingerprint density at radius 2 is 2.33 bits per heavy atom. The van der Waals surface area contributed by atoms with E-state index in [4.69, 9.17) is 17.3 Å². The van der Waals surface area contributed by atoms with Crippen molar-refractivity contribution >= 4 is 23.2 Å². The number of carbonyl (C=O) groups is 1. The lowest BCUT2D eigenvalue weighted by atomic mass is 10.2. The monoisotopic (exact) mass is 230 g/mol. The van der Waals surface area contributed by atoms with Gasteiger partial charge in [0.2, 0.25) is 5.91 Å². The highest BCUT2D eigenvalue weighted by Gasteiger charge is 2.13. The van der Waals surface area contributed by atoms with Crippen LogP contribution in [0.1, 0.15) is 13.3 Å². The average Bonchev–Trinajstić information content (AvgIpc) is 2.20. The first-order chi connectivity index (χ1) is 7.04. The maximum atomic E-state index is 13.2. The Labute approximate surface area is 92.4 Å². The van der Waals surface area contributed by atoms with Crippen LogP contribution < -0.4 is 11.1 Å². The summed E-state index contributed by atoms with van der Waals surface area (Å²) in [5.41, 5.74) is 5.57. The van der Waals surface area contributed by atoms with Crippen LogP contribution >= 0.6 is 11.6 Å². The van der Waals surface area contributed by atoms with Crippen molar-refractivity contribution in [3.05, 3.63) is 29.0 Å². The lowest BCUT2D eigenvalue weighted by Gasteiger charge is -2.10. The molecule has 0 saturated heterocycles. The SMILES string of the molecule is CC[C@H](N)C(=O)Nc1ccc(Cl)cc1F. The molecule has 0 fully saturated rings. The summed E-state index contributed by atoms with van der Waals surface area (Å²) in [7, 11) is 0. The first-order valence-corrected chi connectivity index (χ1v) is 4.94. The van der Waals surface area contributed by atoms with E-state index in [0.717, 1.165) is 6.07 Å². The molecule has 0 spiro atoms. The molecule has 0 aromatic heterocycles. The van der Waals surface area contributed by atoms with Crippen molar-refractivity contribution in [2.24, 2.45) is 5.73 Å². The van der Waals surface area contributed by atoms with Crippen LogP contribution in [0.3, 0.4) is 0 Å². The van der Waals surface area contributed by atoms with Gasteiger partial charge in [-0.25, -0.2) is 4.39 Å². The Bertz CT molecular complexity index is 370. The van der Waals surface area contributed by atoms with Gasteiger partial charge in [-0.1, -0.05) is 18.5 Å². The molecule has 0 heterocycles. The largest absolute Gasteiger partial charge is 0.322 e. The highest BCUT2D eigenvalue weighted by Crippen LogP contribution is 2.18. The number of carbonyl (C=O) groups excluding carboxylic acids is 1. The Balaban J connectivity index is 2.77. The number of rotatable bonds is 3. The van der Waals surface area contributed by atoms with Crippen molar-refractivity contribution < 1.29 is 9.18 Å². The third-order valence-corrected chi connectivity index (χ3v) is 2.20. The minimum atomic E-state index is -0.625. The zero-order valence-electron chi connectivity index (χ0n) is 8.26. The summed E-state index contributed by atoms with van der Waals surface area (Å²) in [6.07, 6.45) is 0.501. The third kappa shape index (κ3) is 3.18. The highest BCUT2D eigenvalue weighted by molar-refractivity contribution is 6.30. The number of hydrogen-bond acceptors (Lipinski definition) is 2. The number of anilines is 1. The fraction of sp³-hybridized carbons (Fsp3) is 0.300. The van der Waals surface area contributed by atoms with E-state index < -0.39 is 17.8 Å². The Morgan fingerprint density at radius 3 is 2.87 bits per heavy atom. The molecule has 3 nitrogen and oxygen atoms in total. The molecule has 5 heteroatoms. The summed E-state index contributed by atoms with van der Waals surface area (Å²) in [6.45, 7) is 1.78. The van der Waals surface area contributed by atoms with Crippen LogP contribution in [0.5, 0.6) is 0 Å². The molecule has 1 rings (SSSR count). The van der Waals surface area contributed by atoms with E-state index in [9.17, 15) is 9.18 Å². The molecule has 15 heavy (non-hydrogen) atoms. The van der Waals surface area contributed by atoms with Gasteiger partial charge >= 0.3 is 0 Å². The van der Waals surface area contributed by atoms with Crippen molar-refractivity contribution in [3.63, 3.8) is 0 Å². The zero-order valence-corrected chi connectivity index (χ0v) is 9.01. The topological polar surface area (TPSA) is 55.1 Å². The van der Waals surface area contributed by atoms with Crippen LogP contribution in [-0.2, 0) is 4.79 Å². The molecular formula is C10H12ClFN2O. The van der Waals surface area contributed by atoms with Crippen LogP contribution in [0.2, 0.25) is 5.02 Å². The summed E-state index contributed by atoms with van der Waals surface area (Å²) in [6, 6.07) is 3.41. The molecule has 0 aliphatic carbocycles. The maximum absolute atomic E-state index is 13.2. The van der Waals surface area contributed by atoms with Gasteiger partial charge in [-0.2, -0.15) is 0 Å². The number of nitrogens with one attached hydrogen (secondary N) is 1. The molecule has 0 aliphatic heterocycles. The molecule has 0 saturated carbocycles. The van der Waals surface area contributed by atoms with E-state index in [0.29, 0.717) is 6.42 Å². The Kier molecular flexibility index (Phi) is 4.05. The summed E-state index contributed by atoms with van der Waals surface area (Å²) in [5, 5.41) is 2.67. The van der Waals surface area contributed by atoms with E-state index in [1.165, 1.54) is 12.1 Å². The first kappa shape index (κ1) is 11.9. The van der Waals surface area contributed by atoms with Gasteiger partial charge in [-0.3, -0.25) is 4.79 Å². The lowest BCUT2D eigenvalue weighted by molar-refractivity contribution is -0.117. The molecule has 1 aromatic carbocycles. The van der Waals surface area contributed by atoms with Crippen molar-refractivity contribution in [1.29, 1.82) is 0 Å². The van der Waals surface area contributed by atoms with Gasteiger partial charge in [0.1, 0.15) is 5.82 Å². The number of halogens is 2. The van der Waals surface area contributed by atoms with E-state index in [1.54, 1.807) is 6.92 Å². The molecule has 3 N–H and O–H groups in total. The molecule has 0 aliphatic rings. The lowest BCUT2D eigenvalue weighted by Crippen LogP contribution is -2.35. The Hall–Kier alpha value is -1.13. The van der Waals surface area contributed by atoms with Crippen LogP contribution in [0.4, 0.5) is 10.1 Å². The van der Waals surface area contributed by atoms with Gasteiger partial charge in [0.25, 0.3) is 0 Å². The molecule has 82 valence electrons. The fourth-order valence-electron chi connectivity index (χ4n) is 1.00. The minimum Gasteiger partial charge on any atom is -0.322 e. The predicted octanol–water partition coefficient (Wildman–Crippen LogP) is 2.15. The van der Waals surface area contributed by atoms with E-state index in [2.05, 4.69) is 5.32 Å². The van der Waals surface area contributed by atoms with Gasteiger partial charge in [-0.05, 0) is 24.6 Å². The average molecular weight is 231 g/mol. The summed E-state index contributed by atoms with van der Waals surface area (Å²) < 4.78 is 13.2. The number of nitrogens with two attached hydrogens (primary N) is 1. The zero-order chi connectivity index (χ0) is 11.4. The number of hydrogen-bond donors (Lipinski definition) is 2. The summed E-state index contributed by atoms with van der Waals surface area (Å²) in [5.74, 6) is -0.974. The Morgan fingerprint density at radius 1 is 1.67 bits per heavy atom. The van der Waals surface area contributed by atoms with Gasteiger partial charge in [0.05, 0.1) is 11.7 Å². The van der Waals surface area contributed by atoms with E-state index >= 15 is 0 Å². The van der Waals surface area contributed by atoms with Gasteiger partial charge in [0.15, 0.2) is 0 Å². The van der Waals surface area contributed by atoms with E-state index in [-0.39, 0.29) is 10.7 Å². The highest BCUT2D eigenvalue weighted by atomic mass is 35.5. The molecule has 1 amide bonds. The molecule has 0 unspecified atom stereocenters. The van der Waals surface area contributed by atoms with Crippen LogP contribution in [0.15, 0.2) is 18.2 Å². The molecule has 0 bridgehead atoms. The van der Waals surface area contributed by atoms with Crippen molar-refractivity contribution in [1.82, 2.24) is 0 Å². The minimum absolute atomic E-state index is 0.0910. The molecule has 1 atom stereocenters. The van der Waals surface area contributed by atoms with Crippen LogP contribution in [0, 0.1) is 5.82 Å². The summed E-state index contributed by atoms with van der Waals surface area (Å²) in [4.78, 5) is 11.3. The number of amides is 1. The second kappa shape index (κ2) is 5.09. The van der Waals surface area contributed by atoms with Crippen molar-refractivity contribution in [3.8, 4) is 0 Å². The second-order valence-corrected chi connectivity index (χ2v) is 3.56. The number of benzene rings is 1. The normalized spacial score (nSPS) is 12.3. The standard InChI is InChI=1S/C10H12ClFN2O/c1-2-8(13)10(15)14-9-4-3-6(11)5-7(9)12/h3-5,8H,2,13H2,1H3,(H,14,15)/t8-/m0/s1. The quantitative estimate of drug-likeness (QED) is 0.836. The first-order valence-electron chi connectivity index (χ1n) is 4.56. The van der Waals surface area contributed by atoms with Gasteiger partial charge in [-0.15, -0.1) is 0 Å². The van der Waals surface area contributed by atoms with Gasteiger partial charge < -0.3 is 11.1 Å². The predicted molar refractivity (Wildman–Crippen MR) is 58.3 cm³/mol. The molecular weight excluding hydrogens is 219 g/mol. The van der Waals surface area contributed by atoms with Gasteiger partial charge in [0, 0.05) is 5.02 Å². The van der Waals surface area contributed by atoms with E-state index in [1.807, 2.05) is 0 Å². The second-order valence-electron chi connectivity index (χ2n) is 3.13. The van der Waals surface area contributed by atoms with Crippen LogP contribution in [-0.4, -0.2) is 11.9 Å². The van der Waals surface area contributed by atoms with Crippen molar-refractivity contribution in [2.45, 2.75) is 19.4 Å².